The predicted octanol–water partition coefficient (Wildman–Crippen LogP) is 8.07. The summed E-state index contributed by atoms with van der Waals surface area (Å²) in [5, 5.41) is 2.26. The molecule has 0 amide bonds. The Morgan fingerprint density at radius 3 is 1.86 bits per heavy atom. The lowest BCUT2D eigenvalue weighted by Gasteiger charge is -2.18. The molecule has 0 aliphatic carbocycles. The van der Waals surface area contributed by atoms with Gasteiger partial charge in [-0.3, -0.25) is 0 Å². The van der Waals surface area contributed by atoms with Crippen LogP contribution >= 0.6 is 0 Å². The van der Waals surface area contributed by atoms with Gasteiger partial charge in [-0.15, -0.1) is 0 Å². The molecule has 4 heteroatoms. The third kappa shape index (κ3) is 3.87. The van der Waals surface area contributed by atoms with Crippen molar-refractivity contribution in [2.24, 2.45) is 0 Å². The normalized spacial score (nSPS) is 11.9. The summed E-state index contributed by atoms with van der Waals surface area (Å²) in [6.07, 6.45) is 0. The molecule has 0 fully saturated rings. The Morgan fingerprint density at radius 1 is 0.543 bits per heavy atom. The van der Waals surface area contributed by atoms with Crippen LogP contribution < -0.4 is 0 Å². The minimum atomic E-state index is -0.196. The number of rotatable bonds is 3. The molecule has 0 atom stereocenters. The minimum Gasteiger partial charge on any atom is -0.455 e. The van der Waals surface area contributed by atoms with Crippen molar-refractivity contribution in [3.63, 3.8) is 0 Å². The van der Waals surface area contributed by atoms with Crippen molar-refractivity contribution in [2.45, 2.75) is 26.2 Å². The zero-order valence-corrected chi connectivity index (χ0v) is 20.0. The van der Waals surface area contributed by atoms with Gasteiger partial charge >= 0.3 is 0 Å². The van der Waals surface area contributed by atoms with Crippen molar-refractivity contribution in [1.82, 2.24) is 15.0 Å². The van der Waals surface area contributed by atoms with Crippen LogP contribution in [0.3, 0.4) is 0 Å². The minimum absolute atomic E-state index is 0.196. The molecule has 0 radical (unpaired) electrons. The Labute approximate surface area is 204 Å². The van der Waals surface area contributed by atoms with Crippen LogP contribution in [-0.4, -0.2) is 15.0 Å². The topological polar surface area (TPSA) is 51.8 Å². The first kappa shape index (κ1) is 21.2. The molecule has 2 aromatic heterocycles. The summed E-state index contributed by atoms with van der Waals surface area (Å²) in [6, 6.07) is 32.9. The lowest BCUT2D eigenvalue weighted by Crippen LogP contribution is -2.18. The van der Waals surface area contributed by atoms with Crippen molar-refractivity contribution >= 4 is 21.9 Å². The molecule has 0 aliphatic rings. The molecule has 0 saturated carbocycles. The number of hydrogen-bond donors (Lipinski definition) is 0. The van der Waals surface area contributed by atoms with Crippen molar-refractivity contribution in [2.75, 3.05) is 0 Å². The van der Waals surface area contributed by atoms with E-state index < -0.39 is 0 Å². The zero-order valence-electron chi connectivity index (χ0n) is 20.0. The summed E-state index contributed by atoms with van der Waals surface area (Å²) in [6.45, 7) is 6.37. The average molecular weight is 456 g/mol. The molecular formula is C31H25N3O. The van der Waals surface area contributed by atoms with Gasteiger partial charge in [-0.1, -0.05) is 112 Å². The van der Waals surface area contributed by atoms with Gasteiger partial charge in [0.15, 0.2) is 11.6 Å². The van der Waals surface area contributed by atoms with Crippen molar-refractivity contribution in [1.29, 1.82) is 0 Å². The van der Waals surface area contributed by atoms with E-state index in [2.05, 4.69) is 69.3 Å². The first-order valence-electron chi connectivity index (χ1n) is 11.8. The summed E-state index contributed by atoms with van der Waals surface area (Å²) in [5.74, 6) is 2.14. The lowest BCUT2D eigenvalue weighted by atomic mass is 9.95. The fourth-order valence-electron chi connectivity index (χ4n) is 4.33. The Morgan fingerprint density at radius 2 is 1.14 bits per heavy atom. The summed E-state index contributed by atoms with van der Waals surface area (Å²) in [4.78, 5) is 14.5. The van der Waals surface area contributed by atoms with E-state index in [0.29, 0.717) is 11.6 Å². The maximum atomic E-state index is 6.24. The molecule has 0 N–H and O–H groups in total. The molecule has 4 aromatic carbocycles. The second kappa shape index (κ2) is 8.17. The number of furan rings is 1. The van der Waals surface area contributed by atoms with E-state index in [1.54, 1.807) is 0 Å². The monoisotopic (exact) mass is 455 g/mol. The van der Waals surface area contributed by atoms with Gasteiger partial charge in [0.2, 0.25) is 0 Å². The van der Waals surface area contributed by atoms with Gasteiger partial charge in [-0.2, -0.15) is 0 Å². The molecule has 6 aromatic rings. The van der Waals surface area contributed by atoms with Gasteiger partial charge in [-0.05, 0) is 11.6 Å². The molecule has 0 bridgehead atoms. The first-order valence-corrected chi connectivity index (χ1v) is 11.8. The van der Waals surface area contributed by atoms with Gasteiger partial charge in [0.05, 0.1) is 0 Å². The fraction of sp³-hybridized carbons (Fsp3) is 0.129. The van der Waals surface area contributed by atoms with Crippen LogP contribution in [-0.2, 0) is 5.41 Å². The van der Waals surface area contributed by atoms with E-state index in [4.69, 9.17) is 19.4 Å². The van der Waals surface area contributed by atoms with E-state index in [-0.39, 0.29) is 5.41 Å². The van der Waals surface area contributed by atoms with Crippen LogP contribution in [0.25, 0.3) is 55.8 Å². The number of aromatic nitrogens is 3. The number of para-hydroxylation sites is 2. The number of fused-ring (bicyclic) bond motifs is 3. The summed E-state index contributed by atoms with van der Waals surface area (Å²) < 4.78 is 6.24. The van der Waals surface area contributed by atoms with Gasteiger partial charge in [0.25, 0.3) is 0 Å². The third-order valence-electron chi connectivity index (χ3n) is 6.20. The number of benzene rings is 4. The molecular weight excluding hydrogens is 430 g/mol. The van der Waals surface area contributed by atoms with Crippen LogP contribution in [0, 0.1) is 0 Å². The van der Waals surface area contributed by atoms with E-state index in [0.717, 1.165) is 50.0 Å². The van der Waals surface area contributed by atoms with Crippen LogP contribution in [0.1, 0.15) is 26.6 Å². The Bertz CT molecular complexity index is 1660. The molecule has 6 rings (SSSR count). The number of nitrogens with zero attached hydrogens (tertiary/aromatic N) is 3. The summed E-state index contributed by atoms with van der Waals surface area (Å²) in [5.41, 5.74) is 5.71. The van der Waals surface area contributed by atoms with Gasteiger partial charge in [-0.25, -0.2) is 15.0 Å². The number of hydrogen-bond acceptors (Lipinski definition) is 4. The fourth-order valence-corrected chi connectivity index (χ4v) is 4.33. The molecule has 35 heavy (non-hydrogen) atoms. The highest BCUT2D eigenvalue weighted by molar-refractivity contribution is 6.09. The van der Waals surface area contributed by atoms with Crippen LogP contribution in [0.2, 0.25) is 0 Å². The Hall–Kier alpha value is -4.31. The highest BCUT2D eigenvalue weighted by atomic mass is 16.3. The summed E-state index contributed by atoms with van der Waals surface area (Å²) in [7, 11) is 0. The third-order valence-corrected chi connectivity index (χ3v) is 6.20. The molecule has 2 heterocycles. The van der Waals surface area contributed by atoms with Gasteiger partial charge in [0, 0.05) is 32.9 Å². The SMILES string of the molecule is CC(C)(C)c1nc(-c2ccccc2)nc(-c2ccc(-c3cccc4c3oc3ccccc34)cc2)n1. The van der Waals surface area contributed by atoms with Crippen molar-refractivity contribution < 1.29 is 4.42 Å². The van der Waals surface area contributed by atoms with E-state index >= 15 is 0 Å². The molecule has 0 spiro atoms. The predicted molar refractivity (Wildman–Crippen MR) is 142 cm³/mol. The zero-order chi connectivity index (χ0) is 24.0. The van der Waals surface area contributed by atoms with Crippen molar-refractivity contribution in [3.8, 4) is 33.9 Å². The second-order valence-corrected chi connectivity index (χ2v) is 9.78. The Balaban J connectivity index is 1.44. The lowest BCUT2D eigenvalue weighted by molar-refractivity contribution is 0.543. The standard InChI is InChI=1S/C31H25N3O/c1-31(2,3)30-33-28(21-10-5-4-6-11-21)32-29(34-30)22-18-16-20(17-19-22)23-13-9-14-25-24-12-7-8-15-26(24)35-27(23)25/h4-19H,1-3H3. The van der Waals surface area contributed by atoms with E-state index in [9.17, 15) is 0 Å². The molecule has 0 unspecified atom stereocenters. The second-order valence-electron chi connectivity index (χ2n) is 9.78. The molecule has 0 aliphatic heterocycles. The van der Waals surface area contributed by atoms with E-state index in [1.165, 1.54) is 0 Å². The maximum Gasteiger partial charge on any atom is 0.163 e. The molecule has 0 saturated heterocycles. The van der Waals surface area contributed by atoms with E-state index in [1.807, 2.05) is 48.5 Å². The first-order chi connectivity index (χ1) is 17.0. The highest BCUT2D eigenvalue weighted by Gasteiger charge is 2.21. The average Bonchev–Trinajstić information content (AvgIpc) is 3.27. The van der Waals surface area contributed by atoms with Crippen LogP contribution in [0.4, 0.5) is 0 Å². The maximum absolute atomic E-state index is 6.24. The highest BCUT2D eigenvalue weighted by Crippen LogP contribution is 2.36. The van der Waals surface area contributed by atoms with Crippen molar-refractivity contribution in [3.05, 3.63) is 103 Å². The van der Waals surface area contributed by atoms with Gasteiger partial charge < -0.3 is 4.42 Å². The molecule has 4 nitrogen and oxygen atoms in total. The summed E-state index contributed by atoms with van der Waals surface area (Å²) >= 11 is 0. The van der Waals surface area contributed by atoms with Gasteiger partial charge in [0.1, 0.15) is 17.0 Å². The largest absolute Gasteiger partial charge is 0.455 e. The quantitative estimate of drug-likeness (QED) is 0.271. The Kier molecular flexibility index (Phi) is 4.96. The van der Waals surface area contributed by atoms with Crippen LogP contribution in [0.15, 0.2) is 101 Å². The smallest absolute Gasteiger partial charge is 0.163 e. The molecule has 170 valence electrons. The van der Waals surface area contributed by atoms with Crippen LogP contribution in [0.5, 0.6) is 0 Å².